The number of halogens is 1. The van der Waals surface area contributed by atoms with Crippen LogP contribution in [0.15, 0.2) is 47.0 Å². The Morgan fingerprint density at radius 3 is 2.72 bits per heavy atom. The van der Waals surface area contributed by atoms with E-state index in [9.17, 15) is 9.18 Å². The van der Waals surface area contributed by atoms with Gasteiger partial charge in [0.2, 0.25) is 0 Å². The van der Waals surface area contributed by atoms with Gasteiger partial charge in [0, 0.05) is 24.2 Å². The maximum atomic E-state index is 14.0. The molecule has 0 radical (unpaired) electrons. The van der Waals surface area contributed by atoms with Crippen LogP contribution in [0.25, 0.3) is 11.0 Å². The monoisotopic (exact) mass is 338 g/mol. The molecule has 3 aromatic rings. The molecule has 1 amide bonds. The molecule has 0 unspecified atom stereocenters. The molecule has 0 spiro atoms. The van der Waals surface area contributed by atoms with E-state index >= 15 is 0 Å². The minimum absolute atomic E-state index is 0.0915. The Hall–Kier alpha value is -2.69. The number of fused-ring (bicyclic) bond motifs is 1. The number of rotatable bonds is 4. The van der Waals surface area contributed by atoms with Crippen molar-refractivity contribution in [2.75, 3.05) is 7.05 Å². The van der Waals surface area contributed by atoms with Crippen molar-refractivity contribution in [1.29, 1.82) is 0 Å². The molecular weight excluding hydrogens is 319 g/mol. The van der Waals surface area contributed by atoms with E-state index < -0.39 is 5.82 Å². The Morgan fingerprint density at radius 2 is 2.08 bits per heavy atom. The van der Waals surface area contributed by atoms with Gasteiger partial charge in [-0.05, 0) is 43.9 Å². The molecule has 2 heterocycles. The number of carbonyl (C=O) groups is 1. The van der Waals surface area contributed by atoms with Gasteiger partial charge in [0.15, 0.2) is 17.2 Å². The van der Waals surface area contributed by atoms with Gasteiger partial charge in [-0.2, -0.15) is 0 Å². The zero-order valence-corrected chi connectivity index (χ0v) is 14.2. The van der Waals surface area contributed by atoms with Crippen molar-refractivity contribution in [1.82, 2.24) is 9.88 Å². The van der Waals surface area contributed by atoms with Crippen LogP contribution in [0.4, 0.5) is 4.39 Å². The third-order valence-corrected chi connectivity index (χ3v) is 4.91. The van der Waals surface area contributed by atoms with Crippen molar-refractivity contribution in [3.05, 3.63) is 65.4 Å². The third-order valence-electron chi connectivity index (χ3n) is 4.91. The summed E-state index contributed by atoms with van der Waals surface area (Å²) < 4.78 is 19.6. The molecule has 1 aliphatic carbocycles. The van der Waals surface area contributed by atoms with Crippen LogP contribution in [0, 0.1) is 18.7 Å². The molecule has 5 heteroatoms. The smallest absolute Gasteiger partial charge is 0.290 e. The second-order valence-electron chi connectivity index (χ2n) is 6.63. The Kier molecular flexibility index (Phi) is 3.79. The maximum Gasteiger partial charge on any atom is 0.290 e. The first-order valence-corrected chi connectivity index (χ1v) is 8.43. The molecular formula is C20H19FN2O2. The first-order valence-electron chi connectivity index (χ1n) is 8.43. The predicted octanol–water partition coefficient (Wildman–Crippen LogP) is 4.50. The fourth-order valence-corrected chi connectivity index (χ4v) is 3.42. The van der Waals surface area contributed by atoms with E-state index in [0.29, 0.717) is 16.9 Å². The molecule has 0 aliphatic heterocycles. The van der Waals surface area contributed by atoms with E-state index in [-0.39, 0.29) is 23.3 Å². The van der Waals surface area contributed by atoms with Gasteiger partial charge in [-0.25, -0.2) is 4.39 Å². The summed E-state index contributed by atoms with van der Waals surface area (Å²) >= 11 is 0. The largest absolute Gasteiger partial charge is 0.448 e. The van der Waals surface area contributed by atoms with E-state index in [0.717, 1.165) is 18.5 Å². The number of nitrogens with zero attached hydrogens (tertiary/aromatic N) is 2. The zero-order chi connectivity index (χ0) is 17.6. The van der Waals surface area contributed by atoms with Crippen LogP contribution in [0.1, 0.15) is 40.7 Å². The standard InChI is InChI=1S/C20H19FN2O2/c1-12-14-6-5-7-15(21)19(14)25-18(12)20(24)23(2)17(13-9-10-13)16-8-3-4-11-22-16/h3-8,11,13,17H,9-10H2,1-2H3/t17-/m0/s1. The molecule has 128 valence electrons. The topological polar surface area (TPSA) is 46.3 Å². The summed E-state index contributed by atoms with van der Waals surface area (Å²) in [6.07, 6.45) is 3.89. The number of para-hydroxylation sites is 1. The fourth-order valence-electron chi connectivity index (χ4n) is 3.42. The van der Waals surface area contributed by atoms with Crippen molar-refractivity contribution < 1.29 is 13.6 Å². The lowest BCUT2D eigenvalue weighted by Gasteiger charge is -2.27. The third kappa shape index (κ3) is 2.69. The van der Waals surface area contributed by atoms with E-state index in [2.05, 4.69) is 4.98 Å². The van der Waals surface area contributed by atoms with Crippen LogP contribution >= 0.6 is 0 Å². The molecule has 0 bridgehead atoms. The number of aryl methyl sites for hydroxylation is 1. The summed E-state index contributed by atoms with van der Waals surface area (Å²) in [4.78, 5) is 19.2. The van der Waals surface area contributed by atoms with E-state index in [1.165, 1.54) is 6.07 Å². The van der Waals surface area contributed by atoms with Crippen LogP contribution in [0.3, 0.4) is 0 Å². The Balaban J connectivity index is 1.72. The molecule has 0 N–H and O–H groups in total. The maximum absolute atomic E-state index is 14.0. The molecule has 1 aliphatic rings. The van der Waals surface area contributed by atoms with E-state index in [1.807, 2.05) is 18.2 Å². The highest BCUT2D eigenvalue weighted by Gasteiger charge is 2.39. The number of aromatic nitrogens is 1. The number of amides is 1. The first kappa shape index (κ1) is 15.8. The highest BCUT2D eigenvalue weighted by atomic mass is 19.1. The van der Waals surface area contributed by atoms with Gasteiger partial charge in [0.25, 0.3) is 5.91 Å². The molecule has 25 heavy (non-hydrogen) atoms. The van der Waals surface area contributed by atoms with Crippen molar-refractivity contribution in [3.63, 3.8) is 0 Å². The van der Waals surface area contributed by atoms with Gasteiger partial charge in [0.05, 0.1) is 11.7 Å². The Morgan fingerprint density at radius 1 is 1.28 bits per heavy atom. The lowest BCUT2D eigenvalue weighted by Crippen LogP contribution is -2.33. The minimum atomic E-state index is -0.453. The van der Waals surface area contributed by atoms with Gasteiger partial charge in [0.1, 0.15) is 0 Å². The molecule has 2 aromatic heterocycles. The molecule has 4 nitrogen and oxygen atoms in total. The van der Waals surface area contributed by atoms with E-state index in [4.69, 9.17) is 4.42 Å². The first-order chi connectivity index (χ1) is 12.1. The summed E-state index contributed by atoms with van der Waals surface area (Å²) in [5.74, 6) is -0.0872. The van der Waals surface area contributed by atoms with Gasteiger partial charge in [-0.1, -0.05) is 18.2 Å². The van der Waals surface area contributed by atoms with E-state index in [1.54, 1.807) is 37.2 Å². The van der Waals surface area contributed by atoms with Gasteiger partial charge in [-0.15, -0.1) is 0 Å². The fraction of sp³-hybridized carbons (Fsp3) is 0.300. The van der Waals surface area contributed by atoms with Crippen LogP contribution < -0.4 is 0 Å². The van der Waals surface area contributed by atoms with Gasteiger partial charge >= 0.3 is 0 Å². The number of pyridine rings is 1. The minimum Gasteiger partial charge on any atom is -0.448 e. The van der Waals surface area contributed by atoms with Crippen LogP contribution in [0.2, 0.25) is 0 Å². The summed E-state index contributed by atoms with van der Waals surface area (Å²) in [6, 6.07) is 10.4. The quantitative estimate of drug-likeness (QED) is 0.704. The van der Waals surface area contributed by atoms with Crippen LogP contribution in [0.5, 0.6) is 0 Å². The van der Waals surface area contributed by atoms with Gasteiger partial charge in [-0.3, -0.25) is 9.78 Å². The number of furan rings is 1. The number of hydrogen-bond donors (Lipinski definition) is 0. The molecule has 4 rings (SSSR count). The molecule has 1 atom stereocenters. The SMILES string of the molecule is Cc1c(C(=O)N(C)[C@H](c2ccccn2)C2CC2)oc2c(F)cccc12. The average Bonchev–Trinajstić information content (AvgIpc) is 3.39. The molecule has 1 fully saturated rings. The number of carbonyl (C=O) groups excluding carboxylic acids is 1. The number of benzene rings is 1. The summed E-state index contributed by atoms with van der Waals surface area (Å²) in [7, 11) is 1.77. The van der Waals surface area contributed by atoms with Gasteiger partial charge < -0.3 is 9.32 Å². The van der Waals surface area contributed by atoms with Crippen molar-refractivity contribution >= 4 is 16.9 Å². The van der Waals surface area contributed by atoms with Crippen LogP contribution in [-0.2, 0) is 0 Å². The predicted molar refractivity (Wildman–Crippen MR) is 92.7 cm³/mol. The Bertz CT molecular complexity index is 932. The summed E-state index contributed by atoms with van der Waals surface area (Å²) in [6.45, 7) is 1.79. The second kappa shape index (κ2) is 5.99. The zero-order valence-electron chi connectivity index (χ0n) is 14.2. The molecule has 1 saturated carbocycles. The highest BCUT2D eigenvalue weighted by Crippen LogP contribution is 2.44. The Labute approximate surface area is 145 Å². The summed E-state index contributed by atoms with van der Waals surface area (Å²) in [5, 5.41) is 0.637. The second-order valence-corrected chi connectivity index (χ2v) is 6.63. The van der Waals surface area contributed by atoms with Crippen molar-refractivity contribution in [2.45, 2.75) is 25.8 Å². The summed E-state index contributed by atoms with van der Waals surface area (Å²) in [5.41, 5.74) is 1.68. The highest BCUT2D eigenvalue weighted by molar-refractivity contribution is 5.99. The lowest BCUT2D eigenvalue weighted by atomic mass is 10.1. The molecule has 0 saturated heterocycles. The lowest BCUT2D eigenvalue weighted by molar-refractivity contribution is 0.0675. The van der Waals surface area contributed by atoms with Crippen molar-refractivity contribution in [3.8, 4) is 0 Å². The number of hydrogen-bond acceptors (Lipinski definition) is 3. The molecule has 1 aromatic carbocycles. The van der Waals surface area contributed by atoms with Crippen LogP contribution in [-0.4, -0.2) is 22.8 Å². The van der Waals surface area contributed by atoms with Crippen molar-refractivity contribution in [2.24, 2.45) is 5.92 Å². The average molecular weight is 338 g/mol. The normalized spacial score (nSPS) is 15.3.